The van der Waals surface area contributed by atoms with Crippen LogP contribution in [-0.4, -0.2) is 35.9 Å². The Morgan fingerprint density at radius 1 is 1.12 bits per heavy atom. The molecule has 1 aliphatic rings. The first kappa shape index (κ1) is 11.7. The molecule has 86 valence electrons. The Kier molecular flexibility index (Phi) is 4.43. The fraction of sp³-hybridized carbons (Fsp3) is 0.455. The summed E-state index contributed by atoms with van der Waals surface area (Å²) in [4.78, 5) is 5.66. The summed E-state index contributed by atoms with van der Waals surface area (Å²) < 4.78 is 12.5. The van der Waals surface area contributed by atoms with Gasteiger partial charge in [-0.15, -0.1) is 0 Å². The zero-order chi connectivity index (χ0) is 11.2. The van der Waals surface area contributed by atoms with Gasteiger partial charge in [0.1, 0.15) is 0 Å². The van der Waals surface area contributed by atoms with Crippen molar-refractivity contribution in [1.82, 2.24) is 9.73 Å². The first-order valence-electron chi connectivity index (χ1n) is 5.38. The Labute approximate surface area is 97.0 Å². The summed E-state index contributed by atoms with van der Waals surface area (Å²) in [5.41, 5.74) is 1.17. The van der Waals surface area contributed by atoms with Gasteiger partial charge in [-0.05, 0) is 5.56 Å². The van der Waals surface area contributed by atoms with Gasteiger partial charge in [0.25, 0.3) is 0 Å². The monoisotopic (exact) mass is 238 g/mol. The molecule has 1 aliphatic heterocycles. The quantitative estimate of drug-likeness (QED) is 0.750. The molecular weight excluding hydrogens is 223 g/mol. The summed E-state index contributed by atoms with van der Waals surface area (Å²) in [6.07, 6.45) is 0. The SMILES string of the molecule is O=PN1CCN(OCc2ccccc2)CC1. The van der Waals surface area contributed by atoms with Crippen LogP contribution in [0.1, 0.15) is 5.56 Å². The minimum atomic E-state index is 0.118. The first-order chi connectivity index (χ1) is 7.88. The van der Waals surface area contributed by atoms with Crippen molar-refractivity contribution in [3.63, 3.8) is 0 Å². The van der Waals surface area contributed by atoms with E-state index in [0.29, 0.717) is 6.61 Å². The lowest BCUT2D eigenvalue weighted by atomic mass is 10.2. The molecule has 0 aliphatic carbocycles. The van der Waals surface area contributed by atoms with E-state index < -0.39 is 0 Å². The fourth-order valence-corrected chi connectivity index (χ4v) is 1.97. The van der Waals surface area contributed by atoms with Crippen molar-refractivity contribution >= 4 is 8.61 Å². The summed E-state index contributed by atoms with van der Waals surface area (Å²) >= 11 is 0. The van der Waals surface area contributed by atoms with Crippen molar-refractivity contribution < 1.29 is 9.40 Å². The molecule has 0 spiro atoms. The van der Waals surface area contributed by atoms with Crippen LogP contribution in [0.25, 0.3) is 0 Å². The molecule has 0 amide bonds. The van der Waals surface area contributed by atoms with Gasteiger partial charge in [-0.1, -0.05) is 30.3 Å². The molecule has 16 heavy (non-hydrogen) atoms. The molecule has 1 fully saturated rings. The second-order valence-electron chi connectivity index (χ2n) is 3.72. The van der Waals surface area contributed by atoms with E-state index in [1.165, 1.54) is 5.56 Å². The van der Waals surface area contributed by atoms with Crippen LogP contribution in [-0.2, 0) is 16.0 Å². The van der Waals surface area contributed by atoms with E-state index in [1.807, 2.05) is 40.1 Å². The maximum atomic E-state index is 10.6. The molecule has 1 saturated heterocycles. The van der Waals surface area contributed by atoms with Crippen LogP contribution in [0.5, 0.6) is 0 Å². The van der Waals surface area contributed by atoms with E-state index in [2.05, 4.69) is 0 Å². The third kappa shape index (κ3) is 3.35. The van der Waals surface area contributed by atoms with Crippen molar-refractivity contribution in [2.75, 3.05) is 26.2 Å². The van der Waals surface area contributed by atoms with Crippen LogP contribution in [0.4, 0.5) is 0 Å². The summed E-state index contributed by atoms with van der Waals surface area (Å²) in [5, 5.41) is 1.94. The molecule has 1 aromatic carbocycles. The number of rotatable bonds is 4. The van der Waals surface area contributed by atoms with Crippen LogP contribution < -0.4 is 0 Å². The average molecular weight is 238 g/mol. The van der Waals surface area contributed by atoms with Gasteiger partial charge in [-0.3, -0.25) is 9.40 Å². The number of piperazine rings is 1. The zero-order valence-electron chi connectivity index (χ0n) is 9.08. The minimum absolute atomic E-state index is 0.118. The highest BCUT2D eigenvalue weighted by Crippen LogP contribution is 2.11. The largest absolute Gasteiger partial charge is 0.294 e. The topological polar surface area (TPSA) is 32.8 Å². The zero-order valence-corrected chi connectivity index (χ0v) is 9.97. The summed E-state index contributed by atoms with van der Waals surface area (Å²) in [6, 6.07) is 10.1. The Hall–Kier alpha value is -0.800. The molecule has 0 aromatic heterocycles. The molecule has 5 heteroatoms. The average Bonchev–Trinajstić information content (AvgIpc) is 2.38. The molecular formula is C11H15N2O2P. The van der Waals surface area contributed by atoms with Gasteiger partial charge in [-0.2, -0.15) is 5.06 Å². The molecule has 0 atom stereocenters. The lowest BCUT2D eigenvalue weighted by Gasteiger charge is -2.29. The summed E-state index contributed by atoms with van der Waals surface area (Å²) in [5.74, 6) is 0. The molecule has 2 rings (SSSR count). The predicted molar refractivity (Wildman–Crippen MR) is 62.0 cm³/mol. The third-order valence-corrected chi connectivity index (χ3v) is 3.22. The molecule has 0 radical (unpaired) electrons. The Morgan fingerprint density at radius 3 is 2.44 bits per heavy atom. The molecule has 0 N–H and O–H groups in total. The van der Waals surface area contributed by atoms with Crippen molar-refractivity contribution in [3.05, 3.63) is 35.9 Å². The second-order valence-corrected chi connectivity index (χ2v) is 4.45. The Morgan fingerprint density at radius 2 is 1.81 bits per heavy atom. The standard InChI is InChI=1S/C11H15N2O2P/c14-16-13-8-6-12(7-9-13)15-10-11-4-2-1-3-5-11/h1-5H,6-10H2. The van der Waals surface area contributed by atoms with Crippen molar-refractivity contribution in [1.29, 1.82) is 0 Å². The van der Waals surface area contributed by atoms with Gasteiger partial charge in [-0.25, -0.2) is 4.67 Å². The van der Waals surface area contributed by atoms with E-state index in [0.717, 1.165) is 26.2 Å². The number of hydrogen-bond donors (Lipinski definition) is 0. The van der Waals surface area contributed by atoms with Crippen LogP contribution in [0, 0.1) is 0 Å². The van der Waals surface area contributed by atoms with E-state index in [9.17, 15) is 4.57 Å². The van der Waals surface area contributed by atoms with Gasteiger partial charge in [0.2, 0.25) is 8.61 Å². The summed E-state index contributed by atoms with van der Waals surface area (Å²) in [6.45, 7) is 3.81. The molecule has 1 heterocycles. The number of nitrogens with zero attached hydrogens (tertiary/aromatic N) is 2. The van der Waals surface area contributed by atoms with Crippen molar-refractivity contribution in [3.8, 4) is 0 Å². The van der Waals surface area contributed by atoms with Gasteiger partial charge < -0.3 is 0 Å². The highest BCUT2D eigenvalue weighted by Gasteiger charge is 2.16. The van der Waals surface area contributed by atoms with Crippen molar-refractivity contribution in [2.24, 2.45) is 0 Å². The van der Waals surface area contributed by atoms with Gasteiger partial charge in [0.05, 0.1) is 6.61 Å². The minimum Gasteiger partial charge on any atom is -0.294 e. The van der Waals surface area contributed by atoms with E-state index >= 15 is 0 Å². The maximum Gasteiger partial charge on any atom is 0.249 e. The number of hydrogen-bond acceptors (Lipinski definition) is 3. The molecule has 0 saturated carbocycles. The predicted octanol–water partition coefficient (Wildman–Crippen LogP) is 1.94. The Balaban J connectivity index is 1.73. The highest BCUT2D eigenvalue weighted by molar-refractivity contribution is 7.20. The fourth-order valence-electron chi connectivity index (χ4n) is 1.63. The normalized spacial score (nSPS) is 19.0. The van der Waals surface area contributed by atoms with Gasteiger partial charge in [0.15, 0.2) is 0 Å². The highest BCUT2D eigenvalue weighted by atomic mass is 31.1. The Bertz CT molecular complexity index is 326. The second kappa shape index (κ2) is 6.06. The van der Waals surface area contributed by atoms with E-state index in [1.54, 1.807) is 0 Å². The first-order valence-corrected chi connectivity index (χ1v) is 6.15. The number of benzene rings is 1. The van der Waals surface area contributed by atoms with Crippen LogP contribution in [0.2, 0.25) is 0 Å². The van der Waals surface area contributed by atoms with E-state index in [4.69, 9.17) is 4.84 Å². The molecule has 1 aromatic rings. The van der Waals surface area contributed by atoms with Crippen LogP contribution in [0.15, 0.2) is 30.3 Å². The van der Waals surface area contributed by atoms with Crippen molar-refractivity contribution in [2.45, 2.75) is 6.61 Å². The lowest BCUT2D eigenvalue weighted by Crippen LogP contribution is -2.42. The molecule has 4 nitrogen and oxygen atoms in total. The third-order valence-electron chi connectivity index (χ3n) is 2.59. The molecule has 0 unspecified atom stereocenters. The molecule has 0 bridgehead atoms. The van der Waals surface area contributed by atoms with Gasteiger partial charge in [0, 0.05) is 26.2 Å². The van der Waals surface area contributed by atoms with Gasteiger partial charge >= 0.3 is 0 Å². The number of hydroxylamine groups is 2. The van der Waals surface area contributed by atoms with E-state index in [-0.39, 0.29) is 8.61 Å². The van der Waals surface area contributed by atoms with Crippen LogP contribution in [0.3, 0.4) is 0 Å². The summed E-state index contributed by atoms with van der Waals surface area (Å²) in [7, 11) is 0.118. The smallest absolute Gasteiger partial charge is 0.249 e. The van der Waals surface area contributed by atoms with Crippen LogP contribution >= 0.6 is 8.61 Å². The maximum absolute atomic E-state index is 10.6. The lowest BCUT2D eigenvalue weighted by molar-refractivity contribution is -0.180.